The van der Waals surface area contributed by atoms with E-state index in [9.17, 15) is 4.79 Å². The molecule has 0 amide bonds. The molecular weight excluding hydrogens is 188 g/mol. The van der Waals surface area contributed by atoms with Crippen molar-refractivity contribution in [2.75, 3.05) is 6.61 Å². The second-order valence-electron chi connectivity index (χ2n) is 4.04. The number of hydrogen-bond donors (Lipinski definition) is 0. The van der Waals surface area contributed by atoms with Crippen molar-refractivity contribution in [2.45, 2.75) is 32.1 Å². The smallest absolute Gasteiger partial charge is 0.153 e. The van der Waals surface area contributed by atoms with Crippen molar-refractivity contribution in [1.29, 1.82) is 0 Å². The highest BCUT2D eigenvalue weighted by molar-refractivity contribution is 5.79. The van der Waals surface area contributed by atoms with Gasteiger partial charge in [0.05, 0.1) is 12.2 Å². The first-order chi connectivity index (χ1) is 7.35. The molecule has 0 unspecified atom stereocenters. The Kier molecular flexibility index (Phi) is 3.05. The summed E-state index contributed by atoms with van der Waals surface area (Å²) in [4.78, 5) is 10.8. The van der Waals surface area contributed by atoms with Gasteiger partial charge in [0.15, 0.2) is 6.29 Å². The highest BCUT2D eigenvalue weighted by Crippen LogP contribution is 2.41. The average Bonchev–Trinajstić information content (AvgIpc) is 3.09. The van der Waals surface area contributed by atoms with Crippen molar-refractivity contribution in [3.05, 3.63) is 29.3 Å². The Hall–Kier alpha value is -1.31. The lowest BCUT2D eigenvalue weighted by molar-refractivity contribution is 0.111. The summed E-state index contributed by atoms with van der Waals surface area (Å²) in [5, 5.41) is 0. The average molecular weight is 204 g/mol. The molecule has 0 N–H and O–H groups in total. The fourth-order valence-corrected chi connectivity index (χ4v) is 1.66. The number of hydrogen-bond acceptors (Lipinski definition) is 2. The van der Waals surface area contributed by atoms with Crippen LogP contribution in [0.3, 0.4) is 0 Å². The molecule has 2 rings (SSSR count). The number of rotatable bonds is 5. The zero-order valence-electron chi connectivity index (χ0n) is 9.03. The number of ether oxygens (including phenoxy) is 1. The molecule has 1 fully saturated rings. The van der Waals surface area contributed by atoms with E-state index in [4.69, 9.17) is 4.74 Å². The van der Waals surface area contributed by atoms with Crippen molar-refractivity contribution in [3.8, 4) is 5.75 Å². The van der Waals surface area contributed by atoms with E-state index in [1.165, 1.54) is 18.4 Å². The summed E-state index contributed by atoms with van der Waals surface area (Å²) in [7, 11) is 0. The molecule has 1 aliphatic rings. The van der Waals surface area contributed by atoms with Crippen LogP contribution in [-0.2, 0) is 0 Å². The van der Waals surface area contributed by atoms with Gasteiger partial charge in [-0.25, -0.2) is 0 Å². The van der Waals surface area contributed by atoms with E-state index in [2.05, 4.69) is 6.92 Å². The lowest BCUT2D eigenvalue weighted by Crippen LogP contribution is -1.99. The molecule has 1 aromatic rings. The van der Waals surface area contributed by atoms with Gasteiger partial charge < -0.3 is 4.74 Å². The van der Waals surface area contributed by atoms with E-state index in [0.29, 0.717) is 18.1 Å². The highest BCUT2D eigenvalue weighted by atomic mass is 16.5. The zero-order valence-corrected chi connectivity index (χ0v) is 9.03. The Morgan fingerprint density at radius 3 is 2.87 bits per heavy atom. The van der Waals surface area contributed by atoms with Crippen LogP contribution in [0.5, 0.6) is 5.75 Å². The highest BCUT2D eigenvalue weighted by Gasteiger charge is 2.24. The summed E-state index contributed by atoms with van der Waals surface area (Å²) >= 11 is 0. The van der Waals surface area contributed by atoms with E-state index in [0.717, 1.165) is 18.5 Å². The maximum absolute atomic E-state index is 10.8. The molecule has 0 atom stereocenters. The largest absolute Gasteiger partial charge is 0.493 e. The zero-order chi connectivity index (χ0) is 10.7. The van der Waals surface area contributed by atoms with Gasteiger partial charge in [0.25, 0.3) is 0 Å². The van der Waals surface area contributed by atoms with Gasteiger partial charge in [0, 0.05) is 0 Å². The maximum Gasteiger partial charge on any atom is 0.153 e. The van der Waals surface area contributed by atoms with Gasteiger partial charge in [-0.15, -0.1) is 0 Å². The van der Waals surface area contributed by atoms with Crippen LogP contribution in [0.2, 0.25) is 0 Å². The quantitative estimate of drug-likeness (QED) is 0.688. The minimum absolute atomic E-state index is 0.660. The molecule has 0 aliphatic heterocycles. The van der Waals surface area contributed by atoms with Gasteiger partial charge in [-0.2, -0.15) is 0 Å². The van der Waals surface area contributed by atoms with Crippen LogP contribution in [0, 0.1) is 0 Å². The Morgan fingerprint density at radius 1 is 1.47 bits per heavy atom. The summed E-state index contributed by atoms with van der Waals surface area (Å²) in [6.07, 6.45) is 4.37. The minimum Gasteiger partial charge on any atom is -0.493 e. The van der Waals surface area contributed by atoms with Gasteiger partial charge in [-0.3, -0.25) is 4.79 Å². The molecule has 0 radical (unpaired) electrons. The van der Waals surface area contributed by atoms with Crippen molar-refractivity contribution in [1.82, 2.24) is 0 Å². The number of carbonyl (C=O) groups excluding carboxylic acids is 1. The van der Waals surface area contributed by atoms with E-state index in [1.807, 2.05) is 18.2 Å². The Morgan fingerprint density at radius 2 is 2.27 bits per heavy atom. The van der Waals surface area contributed by atoms with Gasteiger partial charge in [0.1, 0.15) is 5.75 Å². The molecule has 2 heteroatoms. The van der Waals surface area contributed by atoms with Crippen LogP contribution in [0.4, 0.5) is 0 Å². The van der Waals surface area contributed by atoms with E-state index >= 15 is 0 Å². The van der Waals surface area contributed by atoms with Gasteiger partial charge in [-0.1, -0.05) is 13.0 Å². The van der Waals surface area contributed by atoms with Crippen molar-refractivity contribution in [3.63, 3.8) is 0 Å². The molecule has 1 saturated carbocycles. The number of aldehydes is 1. The predicted molar refractivity (Wildman–Crippen MR) is 59.6 cm³/mol. The van der Waals surface area contributed by atoms with E-state index < -0.39 is 0 Å². The first kappa shape index (κ1) is 10.2. The van der Waals surface area contributed by atoms with Crippen LogP contribution in [-0.4, -0.2) is 12.9 Å². The second kappa shape index (κ2) is 4.47. The SMILES string of the molecule is CCCOc1cc(C2CC2)ccc1C=O. The van der Waals surface area contributed by atoms with Crippen molar-refractivity contribution in [2.24, 2.45) is 0 Å². The fraction of sp³-hybridized carbons (Fsp3) is 0.462. The molecule has 0 aromatic heterocycles. The molecule has 0 saturated heterocycles. The number of carbonyl (C=O) groups is 1. The fourth-order valence-electron chi connectivity index (χ4n) is 1.66. The standard InChI is InChI=1S/C13H16O2/c1-2-7-15-13-8-11(10-3-4-10)5-6-12(13)9-14/h5-6,8-10H,2-4,7H2,1H3. The minimum atomic E-state index is 0.660. The van der Waals surface area contributed by atoms with Crippen LogP contribution in [0.1, 0.15) is 48.0 Å². The van der Waals surface area contributed by atoms with Crippen molar-refractivity contribution >= 4 is 6.29 Å². The van der Waals surface area contributed by atoms with Crippen LogP contribution < -0.4 is 4.74 Å². The van der Waals surface area contributed by atoms with E-state index in [1.54, 1.807) is 0 Å². The molecule has 2 nitrogen and oxygen atoms in total. The summed E-state index contributed by atoms with van der Waals surface area (Å²) < 4.78 is 5.56. The molecule has 1 aliphatic carbocycles. The predicted octanol–water partition coefficient (Wildman–Crippen LogP) is 3.17. The Bertz CT molecular complexity index is 354. The summed E-state index contributed by atoms with van der Waals surface area (Å²) in [6.45, 7) is 2.74. The molecule has 0 heterocycles. The van der Waals surface area contributed by atoms with E-state index in [-0.39, 0.29) is 0 Å². The molecule has 80 valence electrons. The first-order valence-electron chi connectivity index (χ1n) is 5.57. The molecule has 15 heavy (non-hydrogen) atoms. The first-order valence-corrected chi connectivity index (χ1v) is 5.57. The normalized spacial score (nSPS) is 15.0. The van der Waals surface area contributed by atoms with Crippen LogP contribution in [0.25, 0.3) is 0 Å². The third-order valence-corrected chi connectivity index (χ3v) is 2.68. The molecule has 1 aromatic carbocycles. The van der Waals surface area contributed by atoms with Crippen LogP contribution in [0.15, 0.2) is 18.2 Å². The molecule has 0 bridgehead atoms. The summed E-state index contributed by atoms with van der Waals surface area (Å²) in [6, 6.07) is 5.93. The summed E-state index contributed by atoms with van der Waals surface area (Å²) in [5.74, 6) is 1.45. The Balaban J connectivity index is 2.21. The third-order valence-electron chi connectivity index (χ3n) is 2.68. The topological polar surface area (TPSA) is 26.3 Å². The van der Waals surface area contributed by atoms with Crippen molar-refractivity contribution < 1.29 is 9.53 Å². The Labute approximate surface area is 90.3 Å². The molecular formula is C13H16O2. The van der Waals surface area contributed by atoms with Gasteiger partial charge in [-0.05, 0) is 42.9 Å². The third kappa shape index (κ3) is 2.38. The lowest BCUT2D eigenvalue weighted by Gasteiger charge is -2.09. The second-order valence-corrected chi connectivity index (χ2v) is 4.04. The van der Waals surface area contributed by atoms with Crippen LogP contribution >= 0.6 is 0 Å². The maximum atomic E-state index is 10.8. The lowest BCUT2D eigenvalue weighted by atomic mass is 10.1. The van der Waals surface area contributed by atoms with Gasteiger partial charge >= 0.3 is 0 Å². The monoisotopic (exact) mass is 204 g/mol. The molecule has 0 spiro atoms. The number of benzene rings is 1. The van der Waals surface area contributed by atoms with Gasteiger partial charge in [0.2, 0.25) is 0 Å². The summed E-state index contributed by atoms with van der Waals surface area (Å²) in [5.41, 5.74) is 1.97.